The number of hydrogen-bond donors (Lipinski definition) is 1. The molecule has 1 N–H and O–H groups in total. The van der Waals surface area contributed by atoms with Gasteiger partial charge in [0.15, 0.2) is 11.6 Å². The molecule has 25 heavy (non-hydrogen) atoms. The molecule has 2 heterocycles. The number of aliphatic hydroxyl groups is 1. The van der Waals surface area contributed by atoms with E-state index in [1.54, 1.807) is 24.6 Å². The van der Waals surface area contributed by atoms with Crippen molar-refractivity contribution in [3.63, 3.8) is 0 Å². The largest absolute Gasteiger partial charge is 0.505 e. The molecule has 2 aromatic rings. The smallest absolute Gasteiger partial charge is 0.269 e. The molecule has 3 rings (SSSR count). The number of aliphatic hydroxyl groups excluding tert-OH is 1. The fourth-order valence-electron chi connectivity index (χ4n) is 2.44. The first-order valence-corrected chi connectivity index (χ1v) is 9.76. The summed E-state index contributed by atoms with van der Waals surface area (Å²) in [6, 6.07) is 7.13. The van der Waals surface area contributed by atoms with E-state index in [-0.39, 0.29) is 57.3 Å². The number of anilines is 1. The van der Waals surface area contributed by atoms with Gasteiger partial charge in [-0.2, -0.15) is 0 Å². The normalized spacial score (nSPS) is 14.5. The second-order valence-corrected chi connectivity index (χ2v) is 7.32. The predicted octanol–water partition coefficient (Wildman–Crippen LogP) is 4.48. The van der Waals surface area contributed by atoms with Crippen LogP contribution in [0.15, 0.2) is 29.8 Å². The van der Waals surface area contributed by atoms with Crippen LogP contribution in [-0.2, 0) is 42.7 Å². The van der Waals surface area contributed by atoms with E-state index in [4.69, 9.17) is 0 Å². The minimum absolute atomic E-state index is 0. The van der Waals surface area contributed by atoms with E-state index in [0.717, 1.165) is 5.56 Å². The van der Waals surface area contributed by atoms with Gasteiger partial charge in [0.1, 0.15) is 9.78 Å². The van der Waals surface area contributed by atoms with Crippen molar-refractivity contribution in [2.45, 2.75) is 27.7 Å². The standard InChI is InChI=1S/C14H14N2O3S2.C2H6.CH3.Y/c1-3-16-14-12(20-8-15-14)11(17)13(21(16,18)19)10-7-5-4-6-9(10)2;1-2;;/h4-8,17H,3H2,1-2H3;1-2H3;1H3;/q;;-1;. The third-order valence-electron chi connectivity index (χ3n) is 3.44. The molecule has 0 bridgehead atoms. The van der Waals surface area contributed by atoms with Crippen LogP contribution < -0.4 is 4.31 Å². The van der Waals surface area contributed by atoms with Gasteiger partial charge < -0.3 is 12.5 Å². The summed E-state index contributed by atoms with van der Waals surface area (Å²) in [5.41, 5.74) is 2.86. The van der Waals surface area contributed by atoms with Crippen LogP contribution in [0.4, 0.5) is 5.82 Å². The molecule has 0 unspecified atom stereocenters. The molecule has 0 amide bonds. The molecule has 135 valence electrons. The number of rotatable bonds is 2. The van der Waals surface area contributed by atoms with Crippen LogP contribution in [0.3, 0.4) is 0 Å². The van der Waals surface area contributed by atoms with Crippen molar-refractivity contribution >= 4 is 37.8 Å². The van der Waals surface area contributed by atoms with Gasteiger partial charge in [0.05, 0.1) is 5.51 Å². The second kappa shape index (κ2) is 9.81. The van der Waals surface area contributed by atoms with Gasteiger partial charge in [-0.1, -0.05) is 38.1 Å². The van der Waals surface area contributed by atoms with Crippen molar-refractivity contribution < 1.29 is 46.2 Å². The zero-order valence-electron chi connectivity index (χ0n) is 15.1. The van der Waals surface area contributed by atoms with Crippen LogP contribution in [0.25, 0.3) is 10.7 Å². The molecule has 1 aromatic heterocycles. The van der Waals surface area contributed by atoms with Crippen LogP contribution in [-0.4, -0.2) is 25.1 Å². The zero-order valence-corrected chi connectivity index (χ0v) is 19.6. The minimum atomic E-state index is -3.82. The molecule has 0 saturated heterocycles. The van der Waals surface area contributed by atoms with Crippen molar-refractivity contribution in [3.05, 3.63) is 53.2 Å². The number of nitrogens with zero attached hydrogens (tertiary/aromatic N) is 2. The quantitative estimate of drug-likeness (QED) is 0.677. The fourth-order valence-corrected chi connectivity index (χ4v) is 5.08. The van der Waals surface area contributed by atoms with E-state index in [1.165, 1.54) is 15.6 Å². The van der Waals surface area contributed by atoms with Gasteiger partial charge in [-0.25, -0.2) is 17.7 Å². The maximum atomic E-state index is 12.8. The Kier molecular flexibility index (Phi) is 9.51. The van der Waals surface area contributed by atoms with Gasteiger partial charge in [-0.3, -0.25) is 0 Å². The first kappa shape index (κ1) is 24.2. The summed E-state index contributed by atoms with van der Waals surface area (Å²) in [5.74, 6) is 0.0869. The van der Waals surface area contributed by atoms with Gasteiger partial charge in [0, 0.05) is 44.8 Å². The summed E-state index contributed by atoms with van der Waals surface area (Å²) >= 11 is 1.23. The van der Waals surface area contributed by atoms with E-state index in [0.29, 0.717) is 16.3 Å². The topological polar surface area (TPSA) is 70.5 Å². The Morgan fingerprint density at radius 3 is 2.40 bits per heavy atom. The minimum Gasteiger partial charge on any atom is -0.505 e. The van der Waals surface area contributed by atoms with Crippen LogP contribution in [0.1, 0.15) is 36.8 Å². The zero-order chi connectivity index (χ0) is 17.2. The van der Waals surface area contributed by atoms with Crippen molar-refractivity contribution in [1.29, 1.82) is 0 Å². The van der Waals surface area contributed by atoms with E-state index in [1.807, 2.05) is 32.9 Å². The van der Waals surface area contributed by atoms with E-state index < -0.39 is 10.0 Å². The summed E-state index contributed by atoms with van der Waals surface area (Å²) in [5, 5.41) is 10.5. The SMILES string of the molecule is CC.CCN1c2ncsc2C(O)=C(c2ccccc2C)S1(=O)=O.[CH3-].[Y]. The molecular weight excluding hydrogens is 433 g/mol. The molecule has 1 aliphatic heterocycles. The summed E-state index contributed by atoms with van der Waals surface area (Å²) in [6.07, 6.45) is 0. The van der Waals surface area contributed by atoms with Gasteiger partial charge in [-0.15, -0.1) is 11.3 Å². The number of fused-ring (bicyclic) bond motifs is 1. The third-order valence-corrected chi connectivity index (χ3v) is 6.20. The summed E-state index contributed by atoms with van der Waals surface area (Å²) in [7, 11) is -3.82. The monoisotopic (exact) mass is 456 g/mol. The first-order chi connectivity index (χ1) is 11.0. The molecule has 0 fully saturated rings. The number of aromatic nitrogens is 1. The Bertz CT molecular complexity index is 845. The summed E-state index contributed by atoms with van der Waals surface area (Å²) < 4.78 is 26.9. The van der Waals surface area contributed by atoms with Crippen LogP contribution in [0.5, 0.6) is 0 Å². The van der Waals surface area contributed by atoms with Crippen LogP contribution in [0.2, 0.25) is 0 Å². The molecule has 1 radical (unpaired) electrons. The maximum Gasteiger partial charge on any atom is 0.269 e. The molecule has 1 aromatic carbocycles. The van der Waals surface area contributed by atoms with Gasteiger partial charge in [0.2, 0.25) is 0 Å². The van der Waals surface area contributed by atoms with Gasteiger partial charge in [0.25, 0.3) is 10.0 Å². The predicted molar refractivity (Wildman–Crippen MR) is 102 cm³/mol. The first-order valence-electron chi connectivity index (χ1n) is 7.44. The third kappa shape index (κ3) is 4.16. The Morgan fingerprint density at radius 2 is 1.84 bits per heavy atom. The van der Waals surface area contributed by atoms with E-state index in [9.17, 15) is 13.5 Å². The number of aryl methyl sites for hydroxylation is 1. The number of sulfonamides is 1. The van der Waals surface area contributed by atoms with Crippen molar-refractivity contribution in [1.82, 2.24) is 4.98 Å². The van der Waals surface area contributed by atoms with Crippen LogP contribution in [0, 0.1) is 14.4 Å². The molecule has 0 aliphatic carbocycles. The molecule has 8 heteroatoms. The van der Waals surface area contributed by atoms with Gasteiger partial charge >= 0.3 is 0 Å². The average molecular weight is 456 g/mol. The fraction of sp³-hybridized carbons (Fsp3) is 0.294. The summed E-state index contributed by atoms with van der Waals surface area (Å²) in [4.78, 5) is 4.52. The molecule has 1 aliphatic rings. The Hall–Kier alpha value is -0.756. The number of hydrogen-bond acceptors (Lipinski definition) is 5. The summed E-state index contributed by atoms with van der Waals surface area (Å²) in [6.45, 7) is 7.84. The van der Waals surface area contributed by atoms with Crippen LogP contribution >= 0.6 is 11.3 Å². The maximum absolute atomic E-state index is 12.8. The Morgan fingerprint density at radius 1 is 1.24 bits per heavy atom. The molecule has 0 saturated carbocycles. The molecule has 0 atom stereocenters. The Labute approximate surface area is 179 Å². The van der Waals surface area contributed by atoms with E-state index in [2.05, 4.69) is 4.98 Å². The second-order valence-electron chi connectivity index (χ2n) is 4.67. The molecule has 0 spiro atoms. The van der Waals surface area contributed by atoms with Crippen molar-refractivity contribution in [2.24, 2.45) is 0 Å². The average Bonchev–Trinajstić information content (AvgIpc) is 3.00. The molecule has 5 nitrogen and oxygen atoms in total. The Balaban J connectivity index is 0.00000139. The number of thiazole rings is 1. The van der Waals surface area contributed by atoms with Gasteiger partial charge in [-0.05, 0) is 19.4 Å². The molecular formula is C17H23N2O3S2Y-. The van der Waals surface area contributed by atoms with Crippen molar-refractivity contribution in [3.8, 4) is 0 Å². The number of benzene rings is 1. The van der Waals surface area contributed by atoms with E-state index >= 15 is 0 Å². The van der Waals surface area contributed by atoms with Crippen molar-refractivity contribution in [2.75, 3.05) is 10.8 Å².